The van der Waals surface area contributed by atoms with Crippen molar-refractivity contribution in [2.45, 2.75) is 52.5 Å². The highest BCUT2D eigenvalue weighted by Gasteiger charge is 2.60. The topological polar surface area (TPSA) is 91.4 Å². The predicted octanol–water partition coefficient (Wildman–Crippen LogP) is 1.86. The molecule has 29 heavy (non-hydrogen) atoms. The average molecular weight is 405 g/mol. The molecular formula is C21H27NO7. The SMILES string of the molecule is CCOC(=O)[C@H]1[C@@H]2[C@@H](COC(=O)C(C)(C)C)OC(=O)[C@@H]2ON1Cc1ccccc1. The monoisotopic (exact) mass is 405 g/mol. The third-order valence-electron chi connectivity index (χ3n) is 4.90. The van der Waals surface area contributed by atoms with Crippen LogP contribution in [0.5, 0.6) is 0 Å². The Morgan fingerprint density at radius 1 is 1.14 bits per heavy atom. The number of carbonyl (C=O) groups is 3. The summed E-state index contributed by atoms with van der Waals surface area (Å²) < 4.78 is 15.9. The van der Waals surface area contributed by atoms with Crippen LogP contribution in [0.1, 0.15) is 33.3 Å². The zero-order valence-electron chi connectivity index (χ0n) is 17.1. The number of fused-ring (bicyclic) bond motifs is 1. The van der Waals surface area contributed by atoms with Crippen LogP contribution >= 0.6 is 0 Å². The average Bonchev–Trinajstić information content (AvgIpc) is 3.17. The third kappa shape index (κ3) is 4.59. The Morgan fingerprint density at radius 3 is 2.45 bits per heavy atom. The van der Waals surface area contributed by atoms with E-state index in [1.165, 1.54) is 5.06 Å². The molecule has 8 nitrogen and oxygen atoms in total. The van der Waals surface area contributed by atoms with E-state index in [2.05, 4.69) is 0 Å². The Bertz CT molecular complexity index is 758. The number of nitrogens with zero attached hydrogens (tertiary/aromatic N) is 1. The van der Waals surface area contributed by atoms with Crippen molar-refractivity contribution in [3.63, 3.8) is 0 Å². The van der Waals surface area contributed by atoms with Crippen LogP contribution in [-0.4, -0.2) is 54.4 Å². The number of carbonyl (C=O) groups excluding carboxylic acids is 3. The molecule has 2 heterocycles. The van der Waals surface area contributed by atoms with Gasteiger partial charge in [-0.15, -0.1) is 0 Å². The maximum atomic E-state index is 12.7. The van der Waals surface area contributed by atoms with Crippen molar-refractivity contribution in [3.8, 4) is 0 Å². The molecule has 0 unspecified atom stereocenters. The van der Waals surface area contributed by atoms with Gasteiger partial charge in [0.15, 0.2) is 6.10 Å². The molecule has 4 atom stereocenters. The molecule has 1 aromatic carbocycles. The molecule has 0 aliphatic carbocycles. The van der Waals surface area contributed by atoms with Crippen LogP contribution in [0, 0.1) is 11.3 Å². The normalized spacial score (nSPS) is 26.7. The molecule has 0 bridgehead atoms. The van der Waals surface area contributed by atoms with Crippen molar-refractivity contribution < 1.29 is 33.4 Å². The highest BCUT2D eigenvalue weighted by molar-refractivity contribution is 5.83. The molecule has 2 aliphatic rings. The number of hydrogen-bond acceptors (Lipinski definition) is 8. The standard InChI is InChI=1S/C21H27NO7/c1-5-26-18(23)16-15-14(12-27-20(25)21(2,3)4)28-19(24)17(15)29-22(16)11-13-9-7-6-8-10-13/h6-10,14-17H,5,11-12H2,1-4H3/t14-,15+,16-,17-/m1/s1. The molecule has 0 spiro atoms. The first-order chi connectivity index (χ1) is 13.7. The number of ether oxygens (including phenoxy) is 3. The van der Waals surface area contributed by atoms with E-state index >= 15 is 0 Å². The fraction of sp³-hybridized carbons (Fsp3) is 0.571. The smallest absolute Gasteiger partial charge is 0.338 e. The predicted molar refractivity (Wildman–Crippen MR) is 101 cm³/mol. The molecule has 3 rings (SSSR count). The summed E-state index contributed by atoms with van der Waals surface area (Å²) in [7, 11) is 0. The Morgan fingerprint density at radius 2 is 1.83 bits per heavy atom. The largest absolute Gasteiger partial charge is 0.465 e. The summed E-state index contributed by atoms with van der Waals surface area (Å²) in [6.07, 6.45) is -1.72. The van der Waals surface area contributed by atoms with E-state index < -0.39 is 47.5 Å². The second kappa shape index (κ2) is 8.51. The van der Waals surface area contributed by atoms with E-state index in [0.29, 0.717) is 6.54 Å². The molecule has 2 aliphatic heterocycles. The number of hydroxylamine groups is 2. The highest BCUT2D eigenvalue weighted by atomic mass is 16.7. The van der Waals surface area contributed by atoms with Gasteiger partial charge in [0, 0.05) is 0 Å². The Kier molecular flexibility index (Phi) is 6.24. The summed E-state index contributed by atoms with van der Waals surface area (Å²) >= 11 is 0. The van der Waals surface area contributed by atoms with Crippen LogP contribution in [0.3, 0.4) is 0 Å². The van der Waals surface area contributed by atoms with E-state index in [1.807, 2.05) is 30.3 Å². The molecule has 0 radical (unpaired) electrons. The number of benzene rings is 1. The summed E-state index contributed by atoms with van der Waals surface area (Å²) in [6.45, 7) is 7.29. The Balaban J connectivity index is 1.80. The van der Waals surface area contributed by atoms with Gasteiger partial charge in [-0.05, 0) is 33.3 Å². The van der Waals surface area contributed by atoms with Gasteiger partial charge in [-0.3, -0.25) is 14.4 Å². The van der Waals surface area contributed by atoms with Crippen molar-refractivity contribution in [1.29, 1.82) is 0 Å². The minimum Gasteiger partial charge on any atom is -0.465 e. The molecule has 1 aromatic rings. The maximum absolute atomic E-state index is 12.7. The van der Waals surface area contributed by atoms with Crippen LogP contribution in [0.25, 0.3) is 0 Å². The molecule has 8 heteroatoms. The van der Waals surface area contributed by atoms with E-state index in [0.717, 1.165) is 5.56 Å². The summed E-state index contributed by atoms with van der Waals surface area (Å²) in [6, 6.07) is 8.62. The van der Waals surface area contributed by atoms with Crippen molar-refractivity contribution in [2.75, 3.05) is 13.2 Å². The zero-order valence-corrected chi connectivity index (χ0v) is 17.1. The molecule has 158 valence electrons. The van der Waals surface area contributed by atoms with Crippen molar-refractivity contribution in [2.24, 2.45) is 11.3 Å². The second-order valence-electron chi connectivity index (χ2n) is 8.18. The van der Waals surface area contributed by atoms with Crippen molar-refractivity contribution in [1.82, 2.24) is 5.06 Å². The molecule has 0 N–H and O–H groups in total. The van der Waals surface area contributed by atoms with Gasteiger partial charge in [0.25, 0.3) is 0 Å². The fourth-order valence-electron chi connectivity index (χ4n) is 3.45. The van der Waals surface area contributed by atoms with Crippen molar-refractivity contribution >= 4 is 17.9 Å². The van der Waals surface area contributed by atoms with E-state index in [1.54, 1.807) is 27.7 Å². The number of esters is 3. The summed E-state index contributed by atoms with van der Waals surface area (Å²) in [5.41, 5.74) is 0.236. The fourth-order valence-corrected chi connectivity index (χ4v) is 3.45. The summed E-state index contributed by atoms with van der Waals surface area (Å²) in [5.74, 6) is -2.11. The van der Waals surface area contributed by atoms with Gasteiger partial charge in [-0.25, -0.2) is 4.79 Å². The first-order valence-electron chi connectivity index (χ1n) is 9.74. The molecule has 2 fully saturated rings. The Hall–Kier alpha value is -2.45. The van der Waals surface area contributed by atoms with E-state index in [9.17, 15) is 14.4 Å². The van der Waals surface area contributed by atoms with Crippen molar-refractivity contribution in [3.05, 3.63) is 35.9 Å². The molecular weight excluding hydrogens is 378 g/mol. The maximum Gasteiger partial charge on any atom is 0.338 e. The van der Waals surface area contributed by atoms with Crippen LogP contribution in [-0.2, 0) is 40.0 Å². The van der Waals surface area contributed by atoms with E-state index in [4.69, 9.17) is 19.0 Å². The highest BCUT2D eigenvalue weighted by Crippen LogP contribution is 2.39. The minimum atomic E-state index is -0.938. The van der Waals surface area contributed by atoms with Gasteiger partial charge in [0.05, 0.1) is 24.5 Å². The lowest BCUT2D eigenvalue weighted by Crippen LogP contribution is -2.45. The lowest BCUT2D eigenvalue weighted by molar-refractivity contribution is -0.200. The van der Waals surface area contributed by atoms with Gasteiger partial charge in [0.2, 0.25) is 0 Å². The zero-order chi connectivity index (χ0) is 21.2. The van der Waals surface area contributed by atoms with E-state index in [-0.39, 0.29) is 13.2 Å². The van der Waals surface area contributed by atoms with Gasteiger partial charge in [0.1, 0.15) is 18.8 Å². The Labute approximate surface area is 170 Å². The lowest BCUT2D eigenvalue weighted by Gasteiger charge is -2.27. The van der Waals surface area contributed by atoms with Crippen LogP contribution < -0.4 is 0 Å². The summed E-state index contributed by atoms with van der Waals surface area (Å²) in [5, 5.41) is 1.47. The molecule has 0 saturated carbocycles. The first-order valence-corrected chi connectivity index (χ1v) is 9.74. The molecule has 2 saturated heterocycles. The minimum absolute atomic E-state index is 0.137. The molecule has 0 aromatic heterocycles. The van der Waals surface area contributed by atoms with Crippen LogP contribution in [0.2, 0.25) is 0 Å². The lowest BCUT2D eigenvalue weighted by atomic mass is 9.91. The van der Waals surface area contributed by atoms with Gasteiger partial charge in [-0.1, -0.05) is 30.3 Å². The first kappa shape index (κ1) is 21.3. The number of hydrogen-bond donors (Lipinski definition) is 0. The second-order valence-corrected chi connectivity index (χ2v) is 8.18. The van der Waals surface area contributed by atoms with Gasteiger partial charge >= 0.3 is 17.9 Å². The third-order valence-corrected chi connectivity index (χ3v) is 4.90. The number of rotatable bonds is 6. The summed E-state index contributed by atoms with van der Waals surface area (Å²) in [4.78, 5) is 43.0. The number of cyclic esters (lactones) is 1. The quantitative estimate of drug-likeness (QED) is 0.523. The van der Waals surface area contributed by atoms with Crippen LogP contribution in [0.4, 0.5) is 0 Å². The van der Waals surface area contributed by atoms with Gasteiger partial charge in [-0.2, -0.15) is 5.06 Å². The molecule has 0 amide bonds. The van der Waals surface area contributed by atoms with Crippen LogP contribution in [0.15, 0.2) is 30.3 Å². The van der Waals surface area contributed by atoms with Gasteiger partial charge < -0.3 is 14.2 Å².